The van der Waals surface area contributed by atoms with Crippen LogP contribution in [0, 0.1) is 6.92 Å². The average molecular weight is 309 g/mol. The Kier molecular flexibility index (Phi) is 3.37. The summed E-state index contributed by atoms with van der Waals surface area (Å²) in [6.07, 6.45) is 3.18. The summed E-state index contributed by atoms with van der Waals surface area (Å²) in [7, 11) is 1.70. The molecule has 0 atom stereocenters. The van der Waals surface area contributed by atoms with E-state index in [0.717, 1.165) is 47.9 Å². The molecule has 6 heteroatoms. The van der Waals surface area contributed by atoms with Crippen LogP contribution in [0.3, 0.4) is 0 Å². The summed E-state index contributed by atoms with van der Waals surface area (Å²) in [5, 5.41) is 8.03. The van der Waals surface area contributed by atoms with Crippen LogP contribution in [0.4, 0.5) is 5.82 Å². The van der Waals surface area contributed by atoms with E-state index in [1.165, 1.54) is 5.56 Å². The van der Waals surface area contributed by atoms with Crippen LogP contribution in [0.5, 0.6) is 5.75 Å². The van der Waals surface area contributed by atoms with Crippen molar-refractivity contribution in [2.24, 2.45) is 0 Å². The van der Waals surface area contributed by atoms with Gasteiger partial charge >= 0.3 is 0 Å². The Bertz CT molecular complexity index is 871. The number of nitrogens with zero attached hydrogens (tertiary/aromatic N) is 4. The highest BCUT2D eigenvalue weighted by Gasteiger charge is 2.21. The lowest BCUT2D eigenvalue weighted by molar-refractivity contribution is 0.410. The van der Waals surface area contributed by atoms with Crippen LogP contribution in [-0.4, -0.2) is 26.7 Å². The summed E-state index contributed by atoms with van der Waals surface area (Å²) < 4.78 is 7.26. The molecule has 2 aromatic heterocycles. The normalized spacial score (nSPS) is 13.3. The molecule has 0 saturated heterocycles. The van der Waals surface area contributed by atoms with Gasteiger partial charge in [0.2, 0.25) is 0 Å². The maximum atomic E-state index is 5.43. The summed E-state index contributed by atoms with van der Waals surface area (Å²) in [4.78, 5) is 9.07. The predicted molar refractivity (Wildman–Crippen MR) is 87.9 cm³/mol. The Morgan fingerprint density at radius 3 is 2.96 bits per heavy atom. The lowest BCUT2D eigenvalue weighted by Gasteiger charge is -2.14. The lowest BCUT2D eigenvalue weighted by atomic mass is 10.2. The highest BCUT2D eigenvalue weighted by Crippen LogP contribution is 2.29. The molecule has 0 amide bonds. The van der Waals surface area contributed by atoms with Gasteiger partial charge < -0.3 is 10.1 Å². The number of hydrogen-bond donors (Lipinski definition) is 1. The molecular formula is C17H19N5O. The zero-order valence-electron chi connectivity index (χ0n) is 13.3. The molecule has 6 nitrogen and oxygen atoms in total. The first kappa shape index (κ1) is 14.0. The van der Waals surface area contributed by atoms with Crippen LogP contribution in [0.25, 0.3) is 5.78 Å². The topological polar surface area (TPSA) is 64.3 Å². The number of aromatic nitrogens is 4. The Morgan fingerprint density at radius 2 is 2.09 bits per heavy atom. The van der Waals surface area contributed by atoms with Crippen molar-refractivity contribution in [3.05, 3.63) is 46.9 Å². The Labute approximate surface area is 134 Å². The van der Waals surface area contributed by atoms with Gasteiger partial charge in [0.25, 0.3) is 5.78 Å². The van der Waals surface area contributed by atoms with Gasteiger partial charge in [-0.3, -0.25) is 0 Å². The molecule has 0 radical (unpaired) electrons. The van der Waals surface area contributed by atoms with Gasteiger partial charge in [-0.15, -0.1) is 5.10 Å². The van der Waals surface area contributed by atoms with E-state index in [1.807, 2.05) is 29.6 Å². The quantitative estimate of drug-likeness (QED) is 0.802. The second-order valence-electron chi connectivity index (χ2n) is 5.78. The van der Waals surface area contributed by atoms with E-state index >= 15 is 0 Å². The monoisotopic (exact) mass is 309 g/mol. The van der Waals surface area contributed by atoms with Gasteiger partial charge in [-0.25, -0.2) is 4.98 Å². The van der Waals surface area contributed by atoms with Gasteiger partial charge in [0, 0.05) is 17.7 Å². The second kappa shape index (κ2) is 5.53. The Morgan fingerprint density at radius 1 is 1.22 bits per heavy atom. The molecule has 0 saturated carbocycles. The maximum absolute atomic E-state index is 5.43. The van der Waals surface area contributed by atoms with Crippen molar-refractivity contribution >= 4 is 11.6 Å². The van der Waals surface area contributed by atoms with Crippen molar-refractivity contribution in [2.45, 2.75) is 32.7 Å². The molecule has 2 heterocycles. The Balaban J connectivity index is 1.73. The first-order valence-corrected chi connectivity index (χ1v) is 7.87. The van der Waals surface area contributed by atoms with E-state index in [9.17, 15) is 0 Å². The van der Waals surface area contributed by atoms with E-state index in [-0.39, 0.29) is 0 Å². The van der Waals surface area contributed by atoms with Gasteiger partial charge in [-0.2, -0.15) is 9.50 Å². The number of hydrogen-bond acceptors (Lipinski definition) is 5. The molecule has 0 fully saturated rings. The minimum absolute atomic E-state index is 0.672. The maximum Gasteiger partial charge on any atom is 0.254 e. The fraction of sp³-hybridized carbons (Fsp3) is 0.353. The first-order valence-electron chi connectivity index (χ1n) is 7.87. The number of aryl methyl sites for hydroxylation is 2. The third-order valence-electron chi connectivity index (χ3n) is 4.26. The van der Waals surface area contributed by atoms with Crippen molar-refractivity contribution in [1.29, 1.82) is 0 Å². The van der Waals surface area contributed by atoms with Gasteiger partial charge in [0.15, 0.2) is 0 Å². The Hall–Kier alpha value is -2.63. The smallest absolute Gasteiger partial charge is 0.254 e. The zero-order chi connectivity index (χ0) is 15.8. The fourth-order valence-electron chi connectivity index (χ4n) is 3.19. The summed E-state index contributed by atoms with van der Waals surface area (Å²) in [6.45, 7) is 2.57. The fourth-order valence-corrected chi connectivity index (χ4v) is 3.19. The van der Waals surface area contributed by atoms with Crippen LogP contribution >= 0.6 is 0 Å². The summed E-state index contributed by atoms with van der Waals surface area (Å²) in [5.41, 5.74) is 3.52. The molecule has 1 N–H and O–H groups in total. The van der Waals surface area contributed by atoms with E-state index < -0.39 is 0 Å². The highest BCUT2D eigenvalue weighted by atomic mass is 16.5. The van der Waals surface area contributed by atoms with Gasteiger partial charge in [-0.05, 0) is 32.3 Å². The van der Waals surface area contributed by atoms with Crippen LogP contribution in [0.2, 0.25) is 0 Å². The van der Waals surface area contributed by atoms with Crippen LogP contribution in [0.1, 0.15) is 29.1 Å². The molecule has 0 aliphatic heterocycles. The summed E-state index contributed by atoms with van der Waals surface area (Å²) in [6, 6.07) is 8.04. The largest absolute Gasteiger partial charge is 0.496 e. The molecule has 118 valence electrons. The molecule has 4 rings (SSSR count). The van der Waals surface area contributed by atoms with Crippen molar-refractivity contribution in [2.75, 3.05) is 12.4 Å². The molecule has 0 spiro atoms. The van der Waals surface area contributed by atoms with E-state index in [1.54, 1.807) is 7.11 Å². The lowest BCUT2D eigenvalue weighted by Crippen LogP contribution is -2.10. The molecule has 0 bridgehead atoms. The molecule has 1 aromatic carbocycles. The third kappa shape index (κ3) is 2.40. The van der Waals surface area contributed by atoms with E-state index in [0.29, 0.717) is 12.3 Å². The summed E-state index contributed by atoms with van der Waals surface area (Å²) in [5.74, 6) is 3.30. The highest BCUT2D eigenvalue weighted by molar-refractivity contribution is 5.55. The van der Waals surface area contributed by atoms with Crippen LogP contribution in [-0.2, 0) is 19.4 Å². The van der Waals surface area contributed by atoms with Crippen LogP contribution in [0.15, 0.2) is 24.3 Å². The van der Waals surface area contributed by atoms with Crippen molar-refractivity contribution < 1.29 is 4.74 Å². The number of rotatable bonds is 4. The number of anilines is 1. The molecule has 1 aliphatic rings. The van der Waals surface area contributed by atoms with Crippen molar-refractivity contribution in [1.82, 2.24) is 19.6 Å². The number of benzene rings is 1. The predicted octanol–water partition coefficient (Wildman–Crippen LogP) is 2.54. The third-order valence-corrected chi connectivity index (χ3v) is 4.26. The van der Waals surface area contributed by atoms with E-state index in [2.05, 4.69) is 26.4 Å². The van der Waals surface area contributed by atoms with Gasteiger partial charge in [-0.1, -0.05) is 18.2 Å². The minimum Gasteiger partial charge on any atom is -0.496 e. The average Bonchev–Trinajstić information content (AvgIpc) is 3.17. The minimum atomic E-state index is 0.672. The number of para-hydroxylation sites is 1. The standard InChI is InChI=1S/C17H19N5O/c1-11-19-17-20-14-8-5-7-13(14)16(22(17)21-11)18-10-12-6-3-4-9-15(12)23-2/h3-4,6,9,18H,5,7-8,10H2,1-2H3. The molecule has 3 aromatic rings. The number of fused-ring (bicyclic) bond motifs is 2. The molecular weight excluding hydrogens is 290 g/mol. The molecule has 23 heavy (non-hydrogen) atoms. The number of ether oxygens (including phenoxy) is 1. The zero-order valence-corrected chi connectivity index (χ0v) is 13.3. The number of methoxy groups -OCH3 is 1. The van der Waals surface area contributed by atoms with Crippen molar-refractivity contribution in [3.8, 4) is 5.75 Å². The van der Waals surface area contributed by atoms with Gasteiger partial charge in [0.05, 0.1) is 12.8 Å². The van der Waals surface area contributed by atoms with Gasteiger partial charge in [0.1, 0.15) is 17.4 Å². The molecule has 0 unspecified atom stereocenters. The molecule has 1 aliphatic carbocycles. The van der Waals surface area contributed by atoms with E-state index in [4.69, 9.17) is 4.74 Å². The second-order valence-corrected chi connectivity index (χ2v) is 5.78. The SMILES string of the molecule is COc1ccccc1CNc1c2c(nc3nc(C)nn13)CCC2. The number of nitrogens with one attached hydrogen (secondary N) is 1. The first-order chi connectivity index (χ1) is 11.3. The van der Waals surface area contributed by atoms with Crippen molar-refractivity contribution in [3.63, 3.8) is 0 Å². The summed E-state index contributed by atoms with van der Waals surface area (Å²) >= 11 is 0. The van der Waals surface area contributed by atoms with Crippen LogP contribution < -0.4 is 10.1 Å².